The summed E-state index contributed by atoms with van der Waals surface area (Å²) in [5, 5.41) is 3.88. The van der Waals surface area contributed by atoms with Gasteiger partial charge >= 0.3 is 0 Å². The Morgan fingerprint density at radius 1 is 1.31 bits per heavy atom. The van der Waals surface area contributed by atoms with Crippen molar-refractivity contribution in [1.82, 2.24) is 10.4 Å². The summed E-state index contributed by atoms with van der Waals surface area (Å²) in [6, 6.07) is 8.95. The maximum absolute atomic E-state index is 12.8. The second kappa shape index (κ2) is 9.62. The second-order valence-electron chi connectivity index (χ2n) is 5.78. The molecule has 0 radical (unpaired) electrons. The number of ether oxygens (including phenoxy) is 2. The average molecular weight is 360 g/mol. The zero-order chi connectivity index (χ0) is 18.9. The first kappa shape index (κ1) is 19.5. The Labute approximate surface area is 153 Å². The Balaban J connectivity index is 2.28. The molecule has 7 nitrogen and oxygen atoms in total. The number of rotatable bonds is 8. The highest BCUT2D eigenvalue weighted by Gasteiger charge is 2.35. The van der Waals surface area contributed by atoms with Gasteiger partial charge in [0.25, 0.3) is 11.9 Å². The number of benzene rings is 1. The van der Waals surface area contributed by atoms with E-state index in [-0.39, 0.29) is 11.9 Å². The van der Waals surface area contributed by atoms with E-state index in [0.29, 0.717) is 13.0 Å². The summed E-state index contributed by atoms with van der Waals surface area (Å²) >= 11 is 0. The van der Waals surface area contributed by atoms with Gasteiger partial charge in [-0.2, -0.15) is 0 Å². The summed E-state index contributed by atoms with van der Waals surface area (Å²) in [6.07, 6.45) is 4.63. The second-order valence-corrected chi connectivity index (χ2v) is 5.78. The van der Waals surface area contributed by atoms with Crippen LogP contribution in [0.5, 0.6) is 0 Å². The average Bonchev–Trinajstić information content (AvgIpc) is 2.65. The van der Waals surface area contributed by atoms with E-state index in [9.17, 15) is 9.59 Å². The maximum atomic E-state index is 12.8. The number of allylic oxidation sites excluding steroid dienone is 2. The van der Waals surface area contributed by atoms with Gasteiger partial charge in [-0.15, -0.1) is 0 Å². The Kier molecular flexibility index (Phi) is 7.23. The van der Waals surface area contributed by atoms with E-state index < -0.39 is 18.1 Å². The third-order valence-corrected chi connectivity index (χ3v) is 3.81. The van der Waals surface area contributed by atoms with Crippen molar-refractivity contribution in [2.75, 3.05) is 20.8 Å². The molecular formula is C19H24N2O5. The highest BCUT2D eigenvalue weighted by Crippen LogP contribution is 2.17. The van der Waals surface area contributed by atoms with Crippen LogP contribution in [0.3, 0.4) is 0 Å². The Morgan fingerprint density at radius 2 is 2.04 bits per heavy atom. The van der Waals surface area contributed by atoms with Crippen LogP contribution in [0.4, 0.5) is 0 Å². The summed E-state index contributed by atoms with van der Waals surface area (Å²) in [4.78, 5) is 29.5. The molecule has 1 heterocycles. The van der Waals surface area contributed by atoms with Gasteiger partial charge < -0.3 is 14.8 Å². The molecule has 2 rings (SSSR count). The van der Waals surface area contributed by atoms with Crippen LogP contribution in [0.1, 0.15) is 12.5 Å². The zero-order valence-electron chi connectivity index (χ0n) is 15.2. The lowest BCUT2D eigenvalue weighted by molar-refractivity contribution is -0.183. The number of carbonyl (C=O) groups is 2. The molecule has 1 aromatic rings. The van der Waals surface area contributed by atoms with Crippen LogP contribution in [0.15, 0.2) is 54.5 Å². The number of amides is 2. The van der Waals surface area contributed by atoms with E-state index in [2.05, 4.69) is 5.32 Å². The fourth-order valence-electron chi connectivity index (χ4n) is 2.52. The van der Waals surface area contributed by atoms with E-state index in [0.717, 1.165) is 10.6 Å². The predicted octanol–water partition coefficient (Wildman–Crippen LogP) is 1.57. The van der Waals surface area contributed by atoms with Crippen molar-refractivity contribution in [2.45, 2.75) is 25.5 Å². The van der Waals surface area contributed by atoms with Gasteiger partial charge in [0.15, 0.2) is 0 Å². The van der Waals surface area contributed by atoms with Crippen LogP contribution in [-0.4, -0.2) is 49.8 Å². The van der Waals surface area contributed by atoms with E-state index in [1.54, 1.807) is 12.2 Å². The molecule has 0 fully saturated rings. The highest BCUT2D eigenvalue weighted by atomic mass is 16.7. The van der Waals surface area contributed by atoms with Gasteiger partial charge in [-0.25, -0.2) is 5.06 Å². The molecule has 2 amide bonds. The number of likely N-dealkylation sites (N-methyl/N-ethyl adjacent to an activating group) is 1. The molecule has 7 heteroatoms. The van der Waals surface area contributed by atoms with E-state index in [4.69, 9.17) is 14.3 Å². The van der Waals surface area contributed by atoms with Gasteiger partial charge in [-0.3, -0.25) is 14.4 Å². The summed E-state index contributed by atoms with van der Waals surface area (Å²) in [7, 11) is 2.88. The minimum absolute atomic E-state index is 0.221. The number of hydrogen-bond acceptors (Lipinski definition) is 5. The zero-order valence-corrected chi connectivity index (χ0v) is 15.2. The molecule has 26 heavy (non-hydrogen) atoms. The topological polar surface area (TPSA) is 77.1 Å². The molecule has 1 aliphatic rings. The van der Waals surface area contributed by atoms with Crippen molar-refractivity contribution in [2.24, 2.45) is 0 Å². The summed E-state index contributed by atoms with van der Waals surface area (Å²) in [6.45, 7) is 1.76. The normalized spacial score (nSPS) is 15.3. The van der Waals surface area contributed by atoms with Crippen molar-refractivity contribution in [3.8, 4) is 0 Å². The largest absolute Gasteiger partial charge is 0.461 e. The Hall–Kier alpha value is -2.80. The first-order chi connectivity index (χ1) is 12.5. The minimum Gasteiger partial charge on any atom is -0.461 e. The molecule has 2 atom stereocenters. The van der Waals surface area contributed by atoms with Crippen molar-refractivity contribution in [3.05, 3.63) is 60.1 Å². The first-order valence-electron chi connectivity index (χ1n) is 8.30. The number of hydroxylamine groups is 2. The molecule has 1 unspecified atom stereocenters. The van der Waals surface area contributed by atoms with E-state index >= 15 is 0 Å². The molecular weight excluding hydrogens is 336 g/mol. The maximum Gasteiger partial charge on any atom is 0.289 e. The van der Waals surface area contributed by atoms with Gasteiger partial charge in [0.05, 0.1) is 13.2 Å². The van der Waals surface area contributed by atoms with Gasteiger partial charge in [-0.05, 0) is 18.1 Å². The summed E-state index contributed by atoms with van der Waals surface area (Å²) < 4.78 is 11.2. The summed E-state index contributed by atoms with van der Waals surface area (Å²) in [5.74, 6) is -0.467. The smallest absolute Gasteiger partial charge is 0.289 e. The number of nitrogens with zero attached hydrogens (tertiary/aromatic N) is 1. The van der Waals surface area contributed by atoms with Crippen LogP contribution < -0.4 is 5.32 Å². The van der Waals surface area contributed by atoms with Gasteiger partial charge in [0, 0.05) is 20.0 Å². The van der Waals surface area contributed by atoms with Crippen LogP contribution in [0.2, 0.25) is 0 Å². The molecule has 1 aliphatic heterocycles. The molecule has 0 aliphatic carbocycles. The van der Waals surface area contributed by atoms with Crippen molar-refractivity contribution in [3.63, 3.8) is 0 Å². The highest BCUT2D eigenvalue weighted by molar-refractivity contribution is 5.82. The Bertz CT molecular complexity index is 672. The van der Waals surface area contributed by atoms with Crippen LogP contribution in [0.25, 0.3) is 0 Å². The van der Waals surface area contributed by atoms with E-state index in [1.165, 1.54) is 21.1 Å². The lowest BCUT2D eigenvalue weighted by atomic mass is 10.00. The third kappa shape index (κ3) is 5.63. The molecule has 0 spiro atoms. The monoisotopic (exact) mass is 360 g/mol. The quantitative estimate of drug-likeness (QED) is 0.712. The van der Waals surface area contributed by atoms with Crippen LogP contribution in [-0.2, 0) is 30.3 Å². The number of carbonyl (C=O) groups excluding carboxylic acids is 2. The lowest BCUT2D eigenvalue weighted by Crippen LogP contribution is -2.52. The Morgan fingerprint density at radius 3 is 2.62 bits per heavy atom. The predicted molar refractivity (Wildman–Crippen MR) is 95.6 cm³/mol. The fraction of sp³-hybridized carbons (Fsp3) is 0.368. The van der Waals surface area contributed by atoms with Gasteiger partial charge in [-0.1, -0.05) is 36.4 Å². The SMILES string of the molecule is CON(C)C(=O)C(OC1=CC=CCO1)[C@@H](Cc1ccccc1)NC(C)=O. The van der Waals surface area contributed by atoms with Crippen LogP contribution >= 0.6 is 0 Å². The molecule has 1 aromatic carbocycles. The molecule has 0 saturated carbocycles. The third-order valence-electron chi connectivity index (χ3n) is 3.81. The molecule has 0 bridgehead atoms. The standard InChI is InChI=1S/C19H24N2O5/c1-14(22)20-16(13-15-9-5-4-6-10-15)18(19(23)21(2)24-3)26-17-11-7-8-12-25-17/h4-11,16,18H,12-13H2,1-3H3,(H,20,22)/t16-,18?/m1/s1. The van der Waals surface area contributed by atoms with Crippen molar-refractivity contribution >= 4 is 11.8 Å². The molecule has 1 N–H and O–H groups in total. The lowest BCUT2D eigenvalue weighted by Gasteiger charge is -2.30. The van der Waals surface area contributed by atoms with Crippen molar-refractivity contribution < 1.29 is 23.9 Å². The van der Waals surface area contributed by atoms with Gasteiger partial charge in [0.1, 0.15) is 6.61 Å². The van der Waals surface area contributed by atoms with E-state index in [1.807, 2.05) is 36.4 Å². The number of nitrogens with one attached hydrogen (secondary N) is 1. The molecule has 0 saturated heterocycles. The van der Waals surface area contributed by atoms with Gasteiger partial charge in [0.2, 0.25) is 12.0 Å². The fourth-order valence-corrected chi connectivity index (χ4v) is 2.52. The number of hydrogen-bond donors (Lipinski definition) is 1. The molecule has 0 aromatic heterocycles. The van der Waals surface area contributed by atoms with Crippen LogP contribution in [0, 0.1) is 0 Å². The summed E-state index contributed by atoms with van der Waals surface area (Å²) in [5.41, 5.74) is 0.964. The minimum atomic E-state index is -1.01. The molecule has 140 valence electrons. The van der Waals surface area contributed by atoms with Crippen molar-refractivity contribution in [1.29, 1.82) is 0 Å². The first-order valence-corrected chi connectivity index (χ1v) is 8.30.